The van der Waals surface area contributed by atoms with Gasteiger partial charge in [0.05, 0.1) is 11.9 Å². The van der Waals surface area contributed by atoms with Crippen molar-refractivity contribution >= 4 is 27.4 Å². The lowest BCUT2D eigenvalue weighted by molar-refractivity contribution is 0.0637. The lowest BCUT2D eigenvalue weighted by Gasteiger charge is -2.35. The first-order valence-corrected chi connectivity index (χ1v) is 9.48. The van der Waals surface area contributed by atoms with Crippen molar-refractivity contribution in [3.05, 3.63) is 35.5 Å². The number of fused-ring (bicyclic) bond motifs is 1. The first kappa shape index (κ1) is 17.3. The predicted molar refractivity (Wildman–Crippen MR) is 97.8 cm³/mol. The number of hydrogen-bond donors (Lipinski definition) is 0. The maximum Gasteiger partial charge on any atom is 0.319 e. The van der Waals surface area contributed by atoms with Gasteiger partial charge in [-0.15, -0.1) is 11.3 Å². The summed E-state index contributed by atoms with van der Waals surface area (Å²) < 4.78 is 26.9. The van der Waals surface area contributed by atoms with Gasteiger partial charge in [-0.3, -0.25) is 9.47 Å². The van der Waals surface area contributed by atoms with Crippen molar-refractivity contribution in [3.8, 4) is 0 Å². The van der Waals surface area contributed by atoms with Crippen molar-refractivity contribution < 1.29 is 8.78 Å². The van der Waals surface area contributed by atoms with E-state index in [-0.39, 0.29) is 0 Å². The highest BCUT2D eigenvalue weighted by atomic mass is 32.1. The normalized spacial score (nSPS) is 16.1. The highest BCUT2D eigenvalue weighted by molar-refractivity contribution is 7.18. The van der Waals surface area contributed by atoms with Crippen LogP contribution in [-0.4, -0.2) is 50.6 Å². The molecule has 0 spiro atoms. The summed E-state index contributed by atoms with van der Waals surface area (Å²) >= 11 is 1.71. The smallest absolute Gasteiger partial charge is 0.319 e. The minimum Gasteiger partial charge on any atom is -0.353 e. The Labute approximate surface area is 154 Å². The van der Waals surface area contributed by atoms with E-state index in [1.165, 1.54) is 17.3 Å². The average molecular weight is 378 g/mol. The maximum atomic E-state index is 13.0. The molecule has 0 N–H and O–H groups in total. The first-order chi connectivity index (χ1) is 12.7. The van der Waals surface area contributed by atoms with Crippen LogP contribution in [0.3, 0.4) is 0 Å². The standard InChI is InChI=1S/C17H20F2N6S/c1-2-12-9-13-15(21-11-22-16(13)26-12)24-7-5-23(6-8-24)10-14-20-3-4-25(14)17(18)19/h3-4,9,11,17H,2,5-8,10H2,1H3. The third-order valence-electron chi connectivity index (χ3n) is 4.70. The van der Waals surface area contributed by atoms with E-state index in [9.17, 15) is 8.78 Å². The number of aryl methyl sites for hydroxylation is 1. The van der Waals surface area contributed by atoms with E-state index < -0.39 is 6.55 Å². The first-order valence-electron chi connectivity index (χ1n) is 8.66. The minimum absolute atomic E-state index is 0.406. The Morgan fingerprint density at radius 2 is 1.96 bits per heavy atom. The van der Waals surface area contributed by atoms with E-state index in [0.29, 0.717) is 12.4 Å². The molecule has 0 aromatic carbocycles. The Balaban J connectivity index is 1.45. The lowest BCUT2D eigenvalue weighted by Crippen LogP contribution is -2.46. The van der Waals surface area contributed by atoms with Crippen LogP contribution in [0, 0.1) is 0 Å². The molecule has 0 bridgehead atoms. The van der Waals surface area contributed by atoms with Crippen LogP contribution in [0.5, 0.6) is 0 Å². The molecule has 0 aliphatic carbocycles. The van der Waals surface area contributed by atoms with Crippen LogP contribution < -0.4 is 4.90 Å². The minimum atomic E-state index is -2.55. The summed E-state index contributed by atoms with van der Waals surface area (Å²) in [6.07, 6.45) is 5.37. The van der Waals surface area contributed by atoms with E-state index in [2.05, 4.69) is 37.7 Å². The zero-order valence-electron chi connectivity index (χ0n) is 14.5. The van der Waals surface area contributed by atoms with Gasteiger partial charge in [0.15, 0.2) is 0 Å². The summed E-state index contributed by atoms with van der Waals surface area (Å²) in [5, 5.41) is 1.11. The number of rotatable bonds is 5. The predicted octanol–water partition coefficient (Wildman–Crippen LogP) is 3.17. The zero-order valence-corrected chi connectivity index (χ0v) is 15.3. The van der Waals surface area contributed by atoms with E-state index >= 15 is 0 Å². The van der Waals surface area contributed by atoms with Crippen LogP contribution in [0.15, 0.2) is 24.8 Å². The van der Waals surface area contributed by atoms with Gasteiger partial charge in [0.2, 0.25) is 0 Å². The number of nitrogens with zero attached hydrogens (tertiary/aromatic N) is 6. The van der Waals surface area contributed by atoms with E-state index in [1.807, 2.05) is 0 Å². The van der Waals surface area contributed by atoms with Gasteiger partial charge in [0.1, 0.15) is 22.8 Å². The summed E-state index contributed by atoms with van der Waals surface area (Å²) in [6.45, 7) is 3.20. The average Bonchev–Trinajstić information content (AvgIpc) is 3.28. The van der Waals surface area contributed by atoms with Gasteiger partial charge in [-0.2, -0.15) is 8.78 Å². The molecule has 0 radical (unpaired) electrons. The number of halogens is 2. The number of anilines is 1. The van der Waals surface area contributed by atoms with Crippen LogP contribution in [-0.2, 0) is 13.0 Å². The quantitative estimate of drug-likeness (QED) is 0.683. The third kappa shape index (κ3) is 3.28. The summed E-state index contributed by atoms with van der Waals surface area (Å²) in [6, 6.07) is 2.18. The molecular weight excluding hydrogens is 358 g/mol. The number of thiophene rings is 1. The molecule has 9 heteroatoms. The van der Waals surface area contributed by atoms with Crippen molar-refractivity contribution in [2.75, 3.05) is 31.1 Å². The summed E-state index contributed by atoms with van der Waals surface area (Å²) in [7, 11) is 0. The van der Waals surface area contributed by atoms with Crippen LogP contribution >= 0.6 is 11.3 Å². The zero-order chi connectivity index (χ0) is 18.1. The van der Waals surface area contributed by atoms with Crippen molar-refractivity contribution in [2.24, 2.45) is 0 Å². The number of piperazine rings is 1. The topological polar surface area (TPSA) is 50.1 Å². The molecule has 4 rings (SSSR count). The van der Waals surface area contributed by atoms with Crippen LogP contribution in [0.25, 0.3) is 10.2 Å². The van der Waals surface area contributed by atoms with Crippen molar-refractivity contribution in [1.29, 1.82) is 0 Å². The van der Waals surface area contributed by atoms with Crippen LogP contribution in [0.4, 0.5) is 14.6 Å². The molecule has 0 unspecified atom stereocenters. The summed E-state index contributed by atoms with van der Waals surface area (Å²) in [5.74, 6) is 1.38. The van der Waals surface area contributed by atoms with Gasteiger partial charge >= 0.3 is 6.55 Å². The van der Waals surface area contributed by atoms with Gasteiger partial charge in [0.25, 0.3) is 0 Å². The number of alkyl halides is 2. The monoisotopic (exact) mass is 378 g/mol. The molecule has 0 saturated carbocycles. The molecular formula is C17H20F2N6S. The van der Waals surface area contributed by atoms with Gasteiger partial charge < -0.3 is 4.90 Å². The maximum absolute atomic E-state index is 13.0. The highest BCUT2D eigenvalue weighted by Gasteiger charge is 2.22. The Bertz CT molecular complexity index is 884. The fourth-order valence-electron chi connectivity index (χ4n) is 3.28. The Hall–Kier alpha value is -2.13. The second-order valence-corrected chi connectivity index (χ2v) is 7.39. The molecule has 1 saturated heterocycles. The van der Waals surface area contributed by atoms with E-state index in [4.69, 9.17) is 0 Å². The summed E-state index contributed by atoms with van der Waals surface area (Å²) in [5.41, 5.74) is 0. The van der Waals surface area contributed by atoms with E-state index in [0.717, 1.165) is 53.2 Å². The molecule has 138 valence electrons. The SMILES string of the molecule is CCc1cc2c(N3CCN(Cc4nccn4C(F)F)CC3)ncnc2s1. The highest BCUT2D eigenvalue weighted by Crippen LogP contribution is 2.31. The molecule has 26 heavy (non-hydrogen) atoms. The van der Waals surface area contributed by atoms with Crippen LogP contribution in [0.1, 0.15) is 24.2 Å². The molecule has 1 fully saturated rings. The molecule has 3 aromatic heterocycles. The van der Waals surface area contributed by atoms with Crippen molar-refractivity contribution in [1.82, 2.24) is 24.4 Å². The number of hydrogen-bond acceptors (Lipinski definition) is 6. The Morgan fingerprint density at radius 1 is 1.15 bits per heavy atom. The van der Waals surface area contributed by atoms with Crippen molar-refractivity contribution in [2.45, 2.75) is 26.4 Å². The molecule has 3 aromatic rings. The fraction of sp³-hybridized carbons (Fsp3) is 0.471. The molecule has 0 atom stereocenters. The Kier molecular flexibility index (Phi) is 4.82. The number of imidazole rings is 1. The molecule has 0 amide bonds. The number of aromatic nitrogens is 4. The van der Waals surface area contributed by atoms with Crippen LogP contribution in [0.2, 0.25) is 0 Å². The van der Waals surface area contributed by atoms with Gasteiger partial charge in [-0.1, -0.05) is 6.92 Å². The van der Waals surface area contributed by atoms with Gasteiger partial charge in [-0.05, 0) is 12.5 Å². The Morgan fingerprint density at radius 3 is 2.69 bits per heavy atom. The molecule has 6 nitrogen and oxygen atoms in total. The summed E-state index contributed by atoms with van der Waals surface area (Å²) in [4.78, 5) is 19.7. The van der Waals surface area contributed by atoms with E-state index in [1.54, 1.807) is 17.7 Å². The fourth-order valence-corrected chi connectivity index (χ4v) is 4.21. The molecule has 1 aliphatic heterocycles. The second kappa shape index (κ2) is 7.24. The third-order valence-corrected chi connectivity index (χ3v) is 5.89. The largest absolute Gasteiger partial charge is 0.353 e. The second-order valence-electron chi connectivity index (χ2n) is 6.27. The van der Waals surface area contributed by atoms with Gasteiger partial charge in [-0.25, -0.2) is 15.0 Å². The van der Waals surface area contributed by atoms with Gasteiger partial charge in [0, 0.05) is 43.4 Å². The lowest BCUT2D eigenvalue weighted by atomic mass is 10.2. The molecule has 1 aliphatic rings. The molecule has 4 heterocycles. The van der Waals surface area contributed by atoms with Crippen molar-refractivity contribution in [3.63, 3.8) is 0 Å².